The number of nitrogen functional groups attached to an aromatic ring is 2. The molecule has 0 saturated heterocycles. The van der Waals surface area contributed by atoms with E-state index in [0.717, 1.165) is 23.3 Å². The molecule has 0 atom stereocenters. The van der Waals surface area contributed by atoms with Crippen LogP contribution in [0.4, 0.5) is 31.9 Å². The number of benzene rings is 2. The molecule has 0 radical (unpaired) electrons. The lowest BCUT2D eigenvalue weighted by atomic mass is 10.1. The summed E-state index contributed by atoms with van der Waals surface area (Å²) in [5, 5.41) is 7.21. The van der Waals surface area contributed by atoms with Gasteiger partial charge in [0.1, 0.15) is 17.5 Å². The lowest BCUT2D eigenvalue weighted by Gasteiger charge is -2.12. The zero-order valence-corrected chi connectivity index (χ0v) is 15.4. The van der Waals surface area contributed by atoms with Crippen molar-refractivity contribution in [3.63, 3.8) is 0 Å². The summed E-state index contributed by atoms with van der Waals surface area (Å²) in [5.41, 5.74) is 15.2. The van der Waals surface area contributed by atoms with Crippen LogP contribution in [0.25, 0.3) is 22.4 Å². The Bertz CT molecular complexity index is 1200. The van der Waals surface area contributed by atoms with Gasteiger partial charge in [0.25, 0.3) is 0 Å². The quantitative estimate of drug-likeness (QED) is 0.456. The summed E-state index contributed by atoms with van der Waals surface area (Å²) < 4.78 is 29.0. The first kappa shape index (κ1) is 18.4. The van der Waals surface area contributed by atoms with E-state index in [0.29, 0.717) is 17.2 Å². The molecule has 0 fully saturated rings. The zero-order chi connectivity index (χ0) is 20.5. The van der Waals surface area contributed by atoms with Crippen molar-refractivity contribution >= 4 is 23.1 Å². The SMILES string of the molecule is Cn1cc(-c2ccc(Nc3cc(-c4ccc(F)cc4F)nc(N)n3)c(N)c2)cn1. The van der Waals surface area contributed by atoms with Gasteiger partial charge < -0.3 is 16.8 Å². The Balaban J connectivity index is 1.65. The molecular formula is C20H17F2N7. The van der Waals surface area contributed by atoms with Crippen LogP contribution in [0.3, 0.4) is 0 Å². The predicted octanol–water partition coefficient (Wildman–Crippen LogP) is 3.73. The van der Waals surface area contributed by atoms with Crippen molar-refractivity contribution in [1.29, 1.82) is 0 Å². The Morgan fingerprint density at radius 3 is 2.48 bits per heavy atom. The molecule has 0 aliphatic heterocycles. The largest absolute Gasteiger partial charge is 0.397 e. The van der Waals surface area contributed by atoms with Crippen LogP contribution in [0.2, 0.25) is 0 Å². The normalized spacial score (nSPS) is 10.9. The highest BCUT2D eigenvalue weighted by Crippen LogP contribution is 2.30. The number of rotatable bonds is 4. The lowest BCUT2D eigenvalue weighted by Crippen LogP contribution is -2.03. The first-order valence-corrected chi connectivity index (χ1v) is 8.64. The molecule has 0 bridgehead atoms. The van der Waals surface area contributed by atoms with Crippen molar-refractivity contribution in [2.45, 2.75) is 0 Å². The minimum absolute atomic E-state index is 0.0562. The van der Waals surface area contributed by atoms with Gasteiger partial charge in [0.2, 0.25) is 5.95 Å². The Hall–Kier alpha value is -4.01. The fraction of sp³-hybridized carbons (Fsp3) is 0.0500. The van der Waals surface area contributed by atoms with Gasteiger partial charge in [0, 0.05) is 36.5 Å². The number of anilines is 4. The van der Waals surface area contributed by atoms with Crippen LogP contribution in [0, 0.1) is 11.6 Å². The molecule has 5 N–H and O–H groups in total. The zero-order valence-electron chi connectivity index (χ0n) is 15.4. The second-order valence-corrected chi connectivity index (χ2v) is 6.45. The molecule has 2 aromatic carbocycles. The number of aryl methyl sites for hydroxylation is 1. The Labute approximate surface area is 165 Å². The van der Waals surface area contributed by atoms with Crippen LogP contribution in [0.1, 0.15) is 0 Å². The van der Waals surface area contributed by atoms with Gasteiger partial charge in [-0.05, 0) is 29.8 Å². The van der Waals surface area contributed by atoms with E-state index in [1.807, 2.05) is 25.4 Å². The second-order valence-electron chi connectivity index (χ2n) is 6.45. The lowest BCUT2D eigenvalue weighted by molar-refractivity contribution is 0.585. The molecule has 29 heavy (non-hydrogen) atoms. The molecule has 2 heterocycles. The van der Waals surface area contributed by atoms with E-state index in [9.17, 15) is 8.78 Å². The minimum Gasteiger partial charge on any atom is -0.397 e. The molecule has 9 heteroatoms. The third kappa shape index (κ3) is 3.84. The van der Waals surface area contributed by atoms with Crippen molar-refractivity contribution in [3.05, 3.63) is 66.5 Å². The van der Waals surface area contributed by atoms with E-state index < -0.39 is 11.6 Å². The van der Waals surface area contributed by atoms with Crippen molar-refractivity contribution in [3.8, 4) is 22.4 Å². The van der Waals surface area contributed by atoms with Crippen LogP contribution in [0.15, 0.2) is 54.9 Å². The Morgan fingerprint density at radius 2 is 1.79 bits per heavy atom. The van der Waals surface area contributed by atoms with Gasteiger partial charge in [0.05, 0.1) is 23.3 Å². The Morgan fingerprint density at radius 1 is 0.966 bits per heavy atom. The summed E-state index contributed by atoms with van der Waals surface area (Å²) >= 11 is 0. The smallest absolute Gasteiger partial charge is 0.222 e. The summed E-state index contributed by atoms with van der Waals surface area (Å²) in [6.07, 6.45) is 3.63. The third-order valence-corrected chi connectivity index (χ3v) is 4.30. The van der Waals surface area contributed by atoms with Crippen molar-refractivity contribution < 1.29 is 8.78 Å². The van der Waals surface area contributed by atoms with Crippen LogP contribution >= 0.6 is 0 Å². The molecule has 146 valence electrons. The molecule has 0 amide bonds. The molecule has 0 aliphatic carbocycles. The van der Waals surface area contributed by atoms with Gasteiger partial charge in [0.15, 0.2) is 0 Å². The molecule has 2 aromatic heterocycles. The highest BCUT2D eigenvalue weighted by Gasteiger charge is 2.12. The van der Waals surface area contributed by atoms with Gasteiger partial charge in [-0.25, -0.2) is 13.8 Å². The fourth-order valence-corrected chi connectivity index (χ4v) is 2.93. The number of aromatic nitrogens is 4. The summed E-state index contributed by atoms with van der Waals surface area (Å²) in [6.45, 7) is 0. The van der Waals surface area contributed by atoms with E-state index in [2.05, 4.69) is 20.4 Å². The highest BCUT2D eigenvalue weighted by atomic mass is 19.1. The van der Waals surface area contributed by atoms with E-state index in [1.54, 1.807) is 16.9 Å². The molecule has 4 aromatic rings. The molecular weight excluding hydrogens is 376 g/mol. The van der Waals surface area contributed by atoms with Crippen LogP contribution in [-0.4, -0.2) is 19.7 Å². The summed E-state index contributed by atoms with van der Waals surface area (Å²) in [5.74, 6) is -1.14. The standard InChI is InChI=1S/C20H17F2N7/c1-29-10-12(9-25-29)11-2-5-17(16(23)6-11)26-19-8-18(27-20(24)28-19)14-4-3-13(21)7-15(14)22/h2-10H,23H2,1H3,(H3,24,26,27,28). The van der Waals surface area contributed by atoms with Gasteiger partial charge in [-0.2, -0.15) is 10.1 Å². The van der Waals surface area contributed by atoms with Crippen LogP contribution in [0.5, 0.6) is 0 Å². The maximum absolute atomic E-state index is 14.1. The van der Waals surface area contributed by atoms with Gasteiger partial charge in [-0.15, -0.1) is 0 Å². The van der Waals surface area contributed by atoms with E-state index in [-0.39, 0.29) is 17.2 Å². The Kier molecular flexibility index (Phi) is 4.55. The van der Waals surface area contributed by atoms with Crippen molar-refractivity contribution in [2.75, 3.05) is 16.8 Å². The molecule has 0 saturated carbocycles. The molecule has 4 rings (SSSR count). The molecule has 7 nitrogen and oxygen atoms in total. The fourth-order valence-electron chi connectivity index (χ4n) is 2.93. The molecule has 0 spiro atoms. The maximum atomic E-state index is 14.1. The minimum atomic E-state index is -0.741. The first-order chi connectivity index (χ1) is 13.9. The number of nitrogens with one attached hydrogen (secondary N) is 1. The van der Waals surface area contributed by atoms with Crippen molar-refractivity contribution in [2.24, 2.45) is 7.05 Å². The maximum Gasteiger partial charge on any atom is 0.222 e. The monoisotopic (exact) mass is 393 g/mol. The van der Waals surface area contributed by atoms with Crippen LogP contribution in [-0.2, 0) is 7.05 Å². The van der Waals surface area contributed by atoms with Crippen LogP contribution < -0.4 is 16.8 Å². The van der Waals surface area contributed by atoms with Gasteiger partial charge >= 0.3 is 0 Å². The first-order valence-electron chi connectivity index (χ1n) is 8.64. The van der Waals surface area contributed by atoms with Gasteiger partial charge in [-0.3, -0.25) is 4.68 Å². The van der Waals surface area contributed by atoms with Crippen molar-refractivity contribution in [1.82, 2.24) is 19.7 Å². The van der Waals surface area contributed by atoms with Gasteiger partial charge in [-0.1, -0.05) is 6.07 Å². The summed E-state index contributed by atoms with van der Waals surface area (Å²) in [4.78, 5) is 8.16. The van der Waals surface area contributed by atoms with E-state index >= 15 is 0 Å². The van der Waals surface area contributed by atoms with E-state index in [1.165, 1.54) is 12.1 Å². The highest BCUT2D eigenvalue weighted by molar-refractivity contribution is 5.79. The van der Waals surface area contributed by atoms with E-state index in [4.69, 9.17) is 11.5 Å². The summed E-state index contributed by atoms with van der Waals surface area (Å²) in [6, 6.07) is 10.3. The molecule has 0 aliphatic rings. The topological polar surface area (TPSA) is 108 Å². The number of hydrogen-bond donors (Lipinski definition) is 3. The predicted molar refractivity (Wildman–Crippen MR) is 108 cm³/mol. The number of nitrogens with two attached hydrogens (primary N) is 2. The number of nitrogens with zero attached hydrogens (tertiary/aromatic N) is 4. The average Bonchev–Trinajstić information content (AvgIpc) is 3.09. The average molecular weight is 393 g/mol. The second kappa shape index (κ2) is 7.19. The third-order valence-electron chi connectivity index (χ3n) is 4.30. The number of halogens is 2. The number of hydrogen-bond acceptors (Lipinski definition) is 6. The molecule has 0 unspecified atom stereocenters. The summed E-state index contributed by atoms with van der Waals surface area (Å²) in [7, 11) is 1.84.